The van der Waals surface area contributed by atoms with E-state index in [1.165, 1.54) is 42.2 Å². The summed E-state index contributed by atoms with van der Waals surface area (Å²) in [5, 5.41) is 8.83. The van der Waals surface area contributed by atoms with Gasteiger partial charge in [-0.15, -0.1) is 0 Å². The number of nitrogens with zero attached hydrogens (tertiary/aromatic N) is 1. The van der Waals surface area contributed by atoms with Crippen molar-refractivity contribution in [3.05, 3.63) is 69.8 Å². The summed E-state index contributed by atoms with van der Waals surface area (Å²) in [7, 11) is 3.50. The first-order valence-electron chi connectivity index (χ1n) is 9.71. The molecule has 1 heterocycles. The average Bonchev–Trinajstić information content (AvgIpc) is 2.72. The lowest BCUT2D eigenvalue weighted by atomic mass is 9.90. The number of likely N-dealkylation sites (N-methyl/N-ethyl adjacent to an activating group) is 1. The highest BCUT2D eigenvalue weighted by atomic mass is 16.5. The molecule has 1 aliphatic heterocycles. The Morgan fingerprint density at radius 1 is 0.893 bits per heavy atom. The van der Waals surface area contributed by atoms with Crippen LogP contribution >= 0.6 is 0 Å². The van der Waals surface area contributed by atoms with Crippen LogP contribution in [-0.4, -0.2) is 42.6 Å². The Bertz CT molecular complexity index is 875. The van der Waals surface area contributed by atoms with Gasteiger partial charge in [-0.2, -0.15) is 0 Å². The maximum absolute atomic E-state index is 11.3. The van der Waals surface area contributed by atoms with Crippen molar-refractivity contribution in [2.45, 2.75) is 38.6 Å². The van der Waals surface area contributed by atoms with E-state index in [2.05, 4.69) is 22.8 Å². The lowest BCUT2D eigenvalue weighted by molar-refractivity contribution is 0.0599. The topological polar surface area (TPSA) is 66.8 Å². The minimum Gasteiger partial charge on any atom is -0.478 e. The van der Waals surface area contributed by atoms with Gasteiger partial charge < -0.3 is 14.7 Å². The molecule has 1 aliphatic carbocycles. The van der Waals surface area contributed by atoms with Gasteiger partial charge in [0.1, 0.15) is 0 Å². The molecule has 5 heteroatoms. The number of carboxylic acids is 1. The van der Waals surface area contributed by atoms with E-state index >= 15 is 0 Å². The van der Waals surface area contributed by atoms with Crippen molar-refractivity contribution < 1.29 is 19.4 Å². The molecule has 4 rings (SSSR count). The second-order valence-electron chi connectivity index (χ2n) is 7.46. The predicted molar refractivity (Wildman–Crippen MR) is 108 cm³/mol. The number of aromatic carboxylic acids is 1. The minimum atomic E-state index is -0.841. The molecule has 2 aliphatic rings. The monoisotopic (exact) mass is 381 g/mol. The van der Waals surface area contributed by atoms with Gasteiger partial charge in [-0.05, 0) is 85.7 Å². The zero-order valence-corrected chi connectivity index (χ0v) is 16.5. The smallest absolute Gasteiger partial charge is 0.337 e. The molecular formula is C23H27NO4. The fourth-order valence-electron chi connectivity index (χ4n) is 3.81. The van der Waals surface area contributed by atoms with Crippen LogP contribution in [0, 0.1) is 0 Å². The summed E-state index contributed by atoms with van der Waals surface area (Å²) in [5.41, 5.74) is 6.22. The molecule has 148 valence electrons. The number of methoxy groups -OCH3 is 1. The summed E-state index contributed by atoms with van der Waals surface area (Å²) in [6.07, 6.45) is 5.70. The minimum absolute atomic E-state index is 0.238. The molecule has 0 bridgehead atoms. The summed E-state index contributed by atoms with van der Waals surface area (Å²) >= 11 is 0. The average molecular weight is 381 g/mol. The number of ether oxygens (including phenoxy) is 1. The van der Waals surface area contributed by atoms with Gasteiger partial charge in [-0.1, -0.05) is 12.1 Å². The molecule has 0 spiro atoms. The van der Waals surface area contributed by atoms with Crippen LogP contribution in [-0.2, 0) is 30.5 Å². The molecule has 5 nitrogen and oxygen atoms in total. The van der Waals surface area contributed by atoms with Crippen LogP contribution in [0.2, 0.25) is 0 Å². The van der Waals surface area contributed by atoms with Crippen LogP contribution in [0.4, 0.5) is 0 Å². The molecule has 0 unspecified atom stereocenters. The number of esters is 1. The van der Waals surface area contributed by atoms with Gasteiger partial charge in [0.2, 0.25) is 0 Å². The predicted octanol–water partition coefficient (Wildman–Crippen LogP) is 3.72. The number of fused-ring (bicyclic) bond motifs is 2. The van der Waals surface area contributed by atoms with E-state index in [-0.39, 0.29) is 5.97 Å². The SMILES string of the molecule is CN1CCc2cc(C(=O)O)ccc2C1.COC(=O)c1ccc2c(c1)CCCC2. The van der Waals surface area contributed by atoms with Crippen molar-refractivity contribution in [3.8, 4) is 0 Å². The standard InChI is InChI=1S/C12H14O2.C11H13NO2/c1-14-12(13)11-7-6-9-4-2-3-5-10(9)8-11;1-12-5-4-8-6-9(11(13)14)2-3-10(8)7-12/h6-8H,2-5H2,1H3;2-3,6H,4-5,7H2,1H3,(H,13,14). The normalized spacial score (nSPS) is 15.5. The van der Waals surface area contributed by atoms with Gasteiger partial charge in [0.05, 0.1) is 18.2 Å². The molecule has 0 fully saturated rings. The van der Waals surface area contributed by atoms with E-state index in [1.807, 2.05) is 18.2 Å². The number of benzene rings is 2. The molecule has 2 aromatic carbocycles. The van der Waals surface area contributed by atoms with Crippen LogP contribution in [0.5, 0.6) is 0 Å². The van der Waals surface area contributed by atoms with Crippen LogP contribution in [0.1, 0.15) is 55.8 Å². The van der Waals surface area contributed by atoms with Crippen LogP contribution in [0.15, 0.2) is 36.4 Å². The second kappa shape index (κ2) is 9.02. The summed E-state index contributed by atoms with van der Waals surface area (Å²) in [5.74, 6) is -1.08. The first-order chi connectivity index (χ1) is 13.5. The molecule has 2 aromatic rings. The van der Waals surface area contributed by atoms with Crippen LogP contribution < -0.4 is 0 Å². The van der Waals surface area contributed by atoms with E-state index in [4.69, 9.17) is 5.11 Å². The van der Waals surface area contributed by atoms with Gasteiger partial charge in [0.25, 0.3) is 0 Å². The molecule has 0 atom stereocenters. The molecular weight excluding hydrogens is 354 g/mol. The number of rotatable bonds is 2. The number of carboxylic acid groups (broad SMARTS) is 1. The summed E-state index contributed by atoms with van der Waals surface area (Å²) in [6.45, 7) is 1.94. The number of hydrogen-bond donors (Lipinski definition) is 1. The van der Waals surface area contributed by atoms with Crippen molar-refractivity contribution in [3.63, 3.8) is 0 Å². The largest absolute Gasteiger partial charge is 0.478 e. The number of carbonyl (C=O) groups excluding carboxylic acids is 1. The maximum Gasteiger partial charge on any atom is 0.337 e. The maximum atomic E-state index is 11.3. The highest BCUT2D eigenvalue weighted by Gasteiger charge is 2.15. The molecule has 0 aromatic heterocycles. The third-order valence-electron chi connectivity index (χ3n) is 5.43. The van der Waals surface area contributed by atoms with E-state index in [0.717, 1.165) is 32.4 Å². The molecule has 28 heavy (non-hydrogen) atoms. The number of hydrogen-bond acceptors (Lipinski definition) is 4. The van der Waals surface area contributed by atoms with E-state index in [1.54, 1.807) is 12.1 Å². The highest BCUT2D eigenvalue weighted by Crippen LogP contribution is 2.22. The first-order valence-corrected chi connectivity index (χ1v) is 9.71. The fourth-order valence-corrected chi connectivity index (χ4v) is 3.81. The van der Waals surface area contributed by atoms with Gasteiger partial charge in [0.15, 0.2) is 0 Å². The van der Waals surface area contributed by atoms with E-state index in [0.29, 0.717) is 11.1 Å². The van der Waals surface area contributed by atoms with Gasteiger partial charge >= 0.3 is 11.9 Å². The van der Waals surface area contributed by atoms with E-state index < -0.39 is 5.97 Å². The summed E-state index contributed by atoms with van der Waals surface area (Å²) < 4.78 is 4.69. The Kier molecular flexibility index (Phi) is 6.47. The Morgan fingerprint density at radius 2 is 1.50 bits per heavy atom. The van der Waals surface area contributed by atoms with Crippen LogP contribution in [0.25, 0.3) is 0 Å². The fraction of sp³-hybridized carbons (Fsp3) is 0.391. The Morgan fingerprint density at radius 3 is 2.21 bits per heavy atom. The second-order valence-corrected chi connectivity index (χ2v) is 7.46. The van der Waals surface area contributed by atoms with Crippen molar-refractivity contribution in [1.29, 1.82) is 0 Å². The lowest BCUT2D eigenvalue weighted by Gasteiger charge is -2.24. The van der Waals surface area contributed by atoms with Crippen molar-refractivity contribution in [1.82, 2.24) is 4.90 Å². The first kappa shape index (κ1) is 20.1. The quantitative estimate of drug-likeness (QED) is 0.803. The van der Waals surface area contributed by atoms with Crippen molar-refractivity contribution in [2.24, 2.45) is 0 Å². The van der Waals surface area contributed by atoms with Gasteiger partial charge in [0, 0.05) is 13.1 Å². The van der Waals surface area contributed by atoms with Gasteiger partial charge in [-0.3, -0.25) is 0 Å². The molecule has 1 N–H and O–H groups in total. The third kappa shape index (κ3) is 4.78. The summed E-state index contributed by atoms with van der Waals surface area (Å²) in [4.78, 5) is 24.3. The zero-order chi connectivity index (χ0) is 20.1. The Hall–Kier alpha value is -2.66. The molecule has 0 saturated heterocycles. The number of carbonyl (C=O) groups is 2. The lowest BCUT2D eigenvalue weighted by Crippen LogP contribution is -2.26. The Balaban J connectivity index is 0.000000161. The van der Waals surface area contributed by atoms with Crippen molar-refractivity contribution in [2.75, 3.05) is 20.7 Å². The summed E-state index contributed by atoms with van der Waals surface area (Å²) in [6, 6.07) is 11.3. The van der Waals surface area contributed by atoms with Gasteiger partial charge in [-0.25, -0.2) is 9.59 Å². The molecule has 0 saturated carbocycles. The molecule has 0 amide bonds. The van der Waals surface area contributed by atoms with Crippen molar-refractivity contribution >= 4 is 11.9 Å². The third-order valence-corrected chi connectivity index (χ3v) is 5.43. The Labute approximate surface area is 165 Å². The highest BCUT2D eigenvalue weighted by molar-refractivity contribution is 5.89. The van der Waals surface area contributed by atoms with E-state index in [9.17, 15) is 9.59 Å². The zero-order valence-electron chi connectivity index (χ0n) is 16.5. The number of aryl methyl sites for hydroxylation is 2. The molecule has 0 radical (unpaired) electrons. The van der Waals surface area contributed by atoms with Crippen LogP contribution in [0.3, 0.4) is 0 Å².